The summed E-state index contributed by atoms with van der Waals surface area (Å²) in [7, 11) is 0. The number of carbonyl (C=O) groups excluding carboxylic acids is 1. The van der Waals surface area contributed by atoms with Crippen LogP contribution in [0.3, 0.4) is 0 Å². The predicted octanol–water partition coefficient (Wildman–Crippen LogP) is 2.43. The first-order valence-corrected chi connectivity index (χ1v) is 9.73. The molecule has 1 amide bonds. The number of pyridine rings is 1. The second-order valence-corrected chi connectivity index (χ2v) is 7.45. The first-order valence-electron chi connectivity index (χ1n) is 9.73. The monoisotopic (exact) mass is 416 g/mol. The van der Waals surface area contributed by atoms with Crippen LogP contribution in [0.25, 0.3) is 10.9 Å². The van der Waals surface area contributed by atoms with Crippen LogP contribution in [-0.2, 0) is 19.6 Å². The summed E-state index contributed by atoms with van der Waals surface area (Å²) >= 11 is 0. The van der Waals surface area contributed by atoms with Crippen molar-refractivity contribution < 1.29 is 9.18 Å². The van der Waals surface area contributed by atoms with Crippen LogP contribution < -0.4 is 11.2 Å². The van der Waals surface area contributed by atoms with Crippen LogP contribution in [0.15, 0.2) is 70.4 Å². The molecule has 1 aliphatic rings. The molecule has 1 aliphatic heterocycles. The van der Waals surface area contributed by atoms with E-state index in [0.717, 1.165) is 11.3 Å². The molecule has 0 radical (unpaired) electrons. The summed E-state index contributed by atoms with van der Waals surface area (Å²) in [5.74, 6) is -1.06. The van der Waals surface area contributed by atoms with Crippen molar-refractivity contribution in [1.29, 1.82) is 0 Å². The molecule has 0 spiro atoms. The van der Waals surface area contributed by atoms with Crippen LogP contribution in [0, 0.1) is 5.82 Å². The van der Waals surface area contributed by atoms with Crippen molar-refractivity contribution in [3.05, 3.63) is 110 Å². The number of halogens is 1. The van der Waals surface area contributed by atoms with Crippen molar-refractivity contribution in [3.63, 3.8) is 0 Å². The highest BCUT2D eigenvalue weighted by Crippen LogP contribution is 2.24. The zero-order valence-corrected chi connectivity index (χ0v) is 16.3. The molecule has 0 saturated heterocycles. The van der Waals surface area contributed by atoms with Crippen molar-refractivity contribution in [1.82, 2.24) is 19.4 Å². The van der Waals surface area contributed by atoms with Crippen LogP contribution in [0.2, 0.25) is 0 Å². The molecule has 7 nitrogen and oxygen atoms in total. The molecule has 8 heteroatoms. The maximum absolute atomic E-state index is 14.5. The normalized spacial score (nSPS) is 12.9. The Hall–Kier alpha value is -4.07. The molecule has 2 aromatic heterocycles. The van der Waals surface area contributed by atoms with E-state index in [9.17, 15) is 18.8 Å². The van der Waals surface area contributed by atoms with Gasteiger partial charge >= 0.3 is 5.69 Å². The Kier molecular flexibility index (Phi) is 4.47. The maximum Gasteiger partial charge on any atom is 0.329 e. The molecule has 5 rings (SSSR count). The van der Waals surface area contributed by atoms with Crippen LogP contribution in [0.5, 0.6) is 0 Å². The summed E-state index contributed by atoms with van der Waals surface area (Å²) in [5, 5.41) is 0.378. The van der Waals surface area contributed by atoms with Gasteiger partial charge in [-0.1, -0.05) is 24.3 Å². The van der Waals surface area contributed by atoms with Gasteiger partial charge < -0.3 is 4.90 Å². The predicted molar refractivity (Wildman–Crippen MR) is 112 cm³/mol. The standard InChI is InChI=1S/C23H17FN4O3/c24-18-8-7-14(11-28-20-6-2-1-5-16(20)21(29)26-23(28)31)10-17(18)22(30)27-12-15-4-3-9-25-19(15)13-27/h1-10H,11-13H2,(H,26,29,31). The maximum atomic E-state index is 14.5. The third-order valence-corrected chi connectivity index (χ3v) is 5.48. The van der Waals surface area contributed by atoms with Gasteiger partial charge in [0.25, 0.3) is 11.5 Å². The number of H-pyrrole nitrogens is 1. The minimum atomic E-state index is -0.628. The number of rotatable bonds is 3. The van der Waals surface area contributed by atoms with Crippen molar-refractivity contribution >= 4 is 16.8 Å². The first kappa shape index (κ1) is 18.9. The summed E-state index contributed by atoms with van der Waals surface area (Å²) in [6, 6.07) is 14.7. The summed E-state index contributed by atoms with van der Waals surface area (Å²) in [4.78, 5) is 45.6. The highest BCUT2D eigenvalue weighted by molar-refractivity contribution is 5.95. The van der Waals surface area contributed by atoms with Crippen molar-refractivity contribution in [3.8, 4) is 0 Å². The molecule has 4 aromatic rings. The number of hydrogen-bond acceptors (Lipinski definition) is 4. The van der Waals surface area contributed by atoms with Crippen LogP contribution in [0.4, 0.5) is 4.39 Å². The van der Waals surface area contributed by atoms with Gasteiger partial charge in [-0.3, -0.25) is 24.1 Å². The van der Waals surface area contributed by atoms with Gasteiger partial charge in [0.1, 0.15) is 5.82 Å². The number of benzene rings is 2. The van der Waals surface area contributed by atoms with Gasteiger partial charge in [0, 0.05) is 12.7 Å². The average molecular weight is 416 g/mol. The zero-order valence-electron chi connectivity index (χ0n) is 16.3. The minimum absolute atomic E-state index is 0.0629. The van der Waals surface area contributed by atoms with E-state index in [1.807, 2.05) is 6.07 Å². The number of para-hydroxylation sites is 1. The number of nitrogens with zero attached hydrogens (tertiary/aromatic N) is 3. The van der Waals surface area contributed by atoms with Gasteiger partial charge in [0.05, 0.1) is 35.2 Å². The van der Waals surface area contributed by atoms with E-state index in [4.69, 9.17) is 0 Å². The highest BCUT2D eigenvalue weighted by Gasteiger charge is 2.27. The van der Waals surface area contributed by atoms with E-state index in [2.05, 4.69) is 9.97 Å². The Balaban J connectivity index is 1.49. The Morgan fingerprint density at radius 3 is 2.74 bits per heavy atom. The number of aromatic nitrogens is 3. The van der Waals surface area contributed by atoms with E-state index in [1.54, 1.807) is 41.4 Å². The average Bonchev–Trinajstić information content (AvgIpc) is 3.21. The lowest BCUT2D eigenvalue weighted by molar-refractivity contribution is 0.0745. The lowest BCUT2D eigenvalue weighted by atomic mass is 10.1. The summed E-state index contributed by atoms with van der Waals surface area (Å²) in [6.45, 7) is 0.775. The third-order valence-electron chi connectivity index (χ3n) is 5.48. The summed E-state index contributed by atoms with van der Waals surface area (Å²) < 4.78 is 15.9. The minimum Gasteiger partial charge on any atom is -0.328 e. The van der Waals surface area contributed by atoms with Crippen molar-refractivity contribution in [2.45, 2.75) is 19.6 Å². The van der Waals surface area contributed by atoms with Gasteiger partial charge in [-0.05, 0) is 41.5 Å². The van der Waals surface area contributed by atoms with E-state index < -0.39 is 23.0 Å². The van der Waals surface area contributed by atoms with Crippen LogP contribution >= 0.6 is 0 Å². The molecule has 0 fully saturated rings. The van der Waals surface area contributed by atoms with E-state index >= 15 is 0 Å². The Morgan fingerprint density at radius 2 is 1.90 bits per heavy atom. The Morgan fingerprint density at radius 1 is 1.06 bits per heavy atom. The van der Waals surface area contributed by atoms with E-state index in [1.165, 1.54) is 22.8 Å². The number of nitrogens with one attached hydrogen (secondary N) is 1. The lowest BCUT2D eigenvalue weighted by Gasteiger charge is -2.17. The molecule has 0 unspecified atom stereocenters. The third kappa shape index (κ3) is 3.31. The van der Waals surface area contributed by atoms with Gasteiger partial charge in [-0.25, -0.2) is 9.18 Å². The SMILES string of the molecule is O=C(c1cc(Cn2c(=O)[nH]c(=O)c3ccccc32)ccc1F)N1Cc2cccnc2C1. The molecule has 154 valence electrons. The summed E-state index contributed by atoms with van der Waals surface area (Å²) in [5.41, 5.74) is 1.69. The van der Waals surface area contributed by atoms with Gasteiger partial charge in [0.15, 0.2) is 0 Å². The lowest BCUT2D eigenvalue weighted by Crippen LogP contribution is -2.31. The number of carbonyl (C=O) groups is 1. The zero-order chi connectivity index (χ0) is 21.5. The number of amides is 1. The number of hydrogen-bond donors (Lipinski definition) is 1. The molecule has 3 heterocycles. The van der Waals surface area contributed by atoms with E-state index in [0.29, 0.717) is 29.6 Å². The molecule has 31 heavy (non-hydrogen) atoms. The number of aromatic amines is 1. The van der Waals surface area contributed by atoms with Gasteiger partial charge in [0.2, 0.25) is 0 Å². The number of fused-ring (bicyclic) bond motifs is 2. The van der Waals surface area contributed by atoms with Crippen LogP contribution in [0.1, 0.15) is 27.2 Å². The molecule has 0 bridgehead atoms. The molecule has 0 atom stereocenters. The fraction of sp³-hybridized carbons (Fsp3) is 0.130. The van der Waals surface area contributed by atoms with Crippen LogP contribution in [-0.4, -0.2) is 25.3 Å². The summed E-state index contributed by atoms with van der Waals surface area (Å²) in [6.07, 6.45) is 1.67. The smallest absolute Gasteiger partial charge is 0.328 e. The Labute approximate surface area is 175 Å². The second kappa shape index (κ2) is 7.32. The molecular weight excluding hydrogens is 399 g/mol. The Bertz CT molecular complexity index is 1430. The van der Waals surface area contributed by atoms with E-state index in [-0.39, 0.29) is 12.1 Å². The molecular formula is C23H17FN4O3. The van der Waals surface area contributed by atoms with Gasteiger partial charge in [-0.2, -0.15) is 0 Å². The highest BCUT2D eigenvalue weighted by atomic mass is 19.1. The topological polar surface area (TPSA) is 88.1 Å². The van der Waals surface area contributed by atoms with Crippen molar-refractivity contribution in [2.24, 2.45) is 0 Å². The molecule has 0 saturated carbocycles. The molecule has 2 aromatic carbocycles. The van der Waals surface area contributed by atoms with Gasteiger partial charge in [-0.15, -0.1) is 0 Å². The first-order chi connectivity index (χ1) is 15.0. The fourth-order valence-electron chi connectivity index (χ4n) is 3.93. The largest absolute Gasteiger partial charge is 0.329 e. The van der Waals surface area contributed by atoms with Crippen molar-refractivity contribution in [2.75, 3.05) is 0 Å². The molecule has 0 aliphatic carbocycles. The quantitative estimate of drug-likeness (QED) is 0.556. The second-order valence-electron chi connectivity index (χ2n) is 7.45. The fourth-order valence-corrected chi connectivity index (χ4v) is 3.93. The molecule has 1 N–H and O–H groups in total.